The van der Waals surface area contributed by atoms with Crippen LogP contribution in [0.2, 0.25) is 0 Å². The minimum absolute atomic E-state index is 0.0159. The minimum Gasteiger partial charge on any atom is -0.461 e. The molecule has 2 fully saturated rings. The maximum atomic E-state index is 14.0. The van der Waals surface area contributed by atoms with Gasteiger partial charge in [0.2, 0.25) is 17.6 Å². The van der Waals surface area contributed by atoms with E-state index < -0.39 is 17.7 Å². The molecule has 2 aliphatic rings. The highest BCUT2D eigenvalue weighted by Crippen LogP contribution is 2.25. The summed E-state index contributed by atoms with van der Waals surface area (Å²) in [6.07, 6.45) is 6.87. The van der Waals surface area contributed by atoms with Crippen molar-refractivity contribution in [2.75, 3.05) is 36.8 Å². The summed E-state index contributed by atoms with van der Waals surface area (Å²) in [6, 6.07) is 18.0. The fourth-order valence-corrected chi connectivity index (χ4v) is 6.18. The number of aryl methyl sites for hydroxylation is 1. The van der Waals surface area contributed by atoms with Gasteiger partial charge in [-0.3, -0.25) is 24.2 Å². The van der Waals surface area contributed by atoms with E-state index in [0.29, 0.717) is 49.4 Å². The number of pyridine rings is 1. The summed E-state index contributed by atoms with van der Waals surface area (Å²) in [4.78, 5) is 61.3. The molecule has 250 valence electrons. The van der Waals surface area contributed by atoms with Gasteiger partial charge in [-0.15, -0.1) is 0 Å². The summed E-state index contributed by atoms with van der Waals surface area (Å²) in [6.45, 7) is 3.66. The number of nitrogens with one attached hydrogen (secondary N) is 3. The highest BCUT2D eigenvalue weighted by Gasteiger charge is 2.32. The van der Waals surface area contributed by atoms with Crippen molar-refractivity contribution in [1.29, 1.82) is 5.26 Å². The smallest absolute Gasteiger partial charge is 0.255 e. The molecule has 0 unspecified atom stereocenters. The number of carbonyl (C=O) groups excluding carboxylic acids is 4. The molecule has 3 amide bonds. The SMILES string of the molecule is Cc1cc2cc(NC(N[C@H]3CCCCN(CC(=O)N4CCCC4)C3=O)=C(C#N)C(=O)c3cccc(C(=O)Nc4cccnc4)c3)ccc2o1. The molecule has 2 aliphatic heterocycles. The second kappa shape index (κ2) is 14.9. The maximum absolute atomic E-state index is 14.0. The van der Waals surface area contributed by atoms with E-state index in [9.17, 15) is 24.4 Å². The average molecular weight is 660 g/mol. The molecule has 6 rings (SSSR count). The number of hydrogen-bond donors (Lipinski definition) is 3. The van der Waals surface area contributed by atoms with E-state index in [1.807, 2.05) is 25.1 Å². The largest absolute Gasteiger partial charge is 0.461 e. The van der Waals surface area contributed by atoms with E-state index in [2.05, 4.69) is 20.9 Å². The second-order valence-electron chi connectivity index (χ2n) is 12.2. The molecule has 2 aromatic carbocycles. The Hall–Kier alpha value is -5.96. The molecule has 1 atom stereocenters. The van der Waals surface area contributed by atoms with Crippen LogP contribution in [0.4, 0.5) is 11.4 Å². The van der Waals surface area contributed by atoms with E-state index in [4.69, 9.17) is 4.42 Å². The standard InChI is InChI=1S/C37H37N7O5/c1-24-18-27-20-28(12-13-32(27)49-24)40-35(42-31-11-2-3-17-44(37(31)48)23-33(45)43-15-4-5-16-43)30(21-38)34(46)25-8-6-9-26(19-25)36(47)41-29-10-7-14-39-22-29/h6-10,12-14,18-20,22,31,40,42H,2-5,11,15-17,23H2,1H3,(H,41,47)/t31-/m0/s1. The van der Waals surface area contributed by atoms with Crippen LogP contribution in [0.3, 0.4) is 0 Å². The number of nitrogens with zero attached hydrogens (tertiary/aromatic N) is 4. The number of aromatic nitrogens is 1. The van der Waals surface area contributed by atoms with Crippen LogP contribution in [0.25, 0.3) is 11.0 Å². The normalized spacial score (nSPS) is 16.8. The Morgan fingerprint density at radius 1 is 0.939 bits per heavy atom. The third kappa shape index (κ3) is 7.79. The number of benzene rings is 2. The van der Waals surface area contributed by atoms with E-state index >= 15 is 0 Å². The van der Waals surface area contributed by atoms with Crippen molar-refractivity contribution >= 4 is 45.8 Å². The first-order valence-electron chi connectivity index (χ1n) is 16.4. The third-order valence-electron chi connectivity index (χ3n) is 8.69. The van der Waals surface area contributed by atoms with E-state index in [1.54, 1.807) is 52.4 Å². The lowest BCUT2D eigenvalue weighted by Crippen LogP contribution is -2.49. The molecule has 49 heavy (non-hydrogen) atoms. The van der Waals surface area contributed by atoms with E-state index in [1.165, 1.54) is 18.3 Å². The lowest BCUT2D eigenvalue weighted by atomic mass is 10.0. The zero-order valence-corrected chi connectivity index (χ0v) is 27.2. The van der Waals surface area contributed by atoms with Gasteiger partial charge in [-0.05, 0) is 87.6 Å². The number of furan rings is 1. The maximum Gasteiger partial charge on any atom is 0.255 e. The molecule has 2 aromatic heterocycles. The molecule has 12 nitrogen and oxygen atoms in total. The number of anilines is 2. The molecule has 4 aromatic rings. The predicted octanol–water partition coefficient (Wildman–Crippen LogP) is 5.01. The van der Waals surface area contributed by atoms with Crippen LogP contribution in [0.1, 0.15) is 58.6 Å². The molecule has 3 N–H and O–H groups in total. The van der Waals surface area contributed by atoms with Crippen LogP contribution in [-0.4, -0.2) is 70.5 Å². The first kappa shape index (κ1) is 33.0. The number of ketones is 1. The summed E-state index contributed by atoms with van der Waals surface area (Å²) in [5.74, 6) is -0.667. The molecule has 4 heterocycles. The molecule has 0 aliphatic carbocycles. The van der Waals surface area contributed by atoms with Crippen molar-refractivity contribution in [3.8, 4) is 6.07 Å². The Morgan fingerprint density at radius 2 is 1.73 bits per heavy atom. The first-order chi connectivity index (χ1) is 23.8. The first-order valence-corrected chi connectivity index (χ1v) is 16.4. The quantitative estimate of drug-likeness (QED) is 0.121. The lowest BCUT2D eigenvalue weighted by Gasteiger charge is -2.28. The highest BCUT2D eigenvalue weighted by molar-refractivity contribution is 6.14. The second-order valence-corrected chi connectivity index (χ2v) is 12.2. The Balaban J connectivity index is 1.31. The molecule has 0 bridgehead atoms. The number of amides is 3. The van der Waals surface area contributed by atoms with Gasteiger partial charge < -0.3 is 30.2 Å². The van der Waals surface area contributed by atoms with Gasteiger partial charge in [0.1, 0.15) is 34.8 Å². The van der Waals surface area contributed by atoms with E-state index in [0.717, 1.165) is 30.4 Å². The zero-order chi connectivity index (χ0) is 34.3. The number of Topliss-reactive ketones (excluding diaryl/α,β-unsaturated/α-hetero) is 1. The summed E-state index contributed by atoms with van der Waals surface area (Å²) < 4.78 is 5.71. The van der Waals surface area contributed by atoms with Crippen LogP contribution < -0.4 is 16.0 Å². The number of fused-ring (bicyclic) bond motifs is 1. The van der Waals surface area contributed by atoms with Crippen molar-refractivity contribution < 1.29 is 23.6 Å². The topological polar surface area (TPSA) is 161 Å². The number of allylic oxidation sites excluding steroid dienone is 1. The highest BCUT2D eigenvalue weighted by atomic mass is 16.3. The van der Waals surface area contributed by atoms with Crippen LogP contribution in [0, 0.1) is 18.3 Å². The number of likely N-dealkylation sites (tertiary alicyclic amines) is 2. The van der Waals surface area contributed by atoms with Crippen molar-refractivity contribution in [2.45, 2.75) is 45.1 Å². The van der Waals surface area contributed by atoms with Crippen LogP contribution in [0.5, 0.6) is 0 Å². The summed E-state index contributed by atoms with van der Waals surface area (Å²) in [5, 5.41) is 20.4. The number of nitriles is 1. The molecule has 0 spiro atoms. The minimum atomic E-state index is -0.802. The Labute approximate surface area is 283 Å². The van der Waals surface area contributed by atoms with Gasteiger partial charge in [0.15, 0.2) is 0 Å². The molecule has 0 radical (unpaired) electrons. The molecule has 12 heteroatoms. The Morgan fingerprint density at radius 3 is 2.51 bits per heavy atom. The average Bonchev–Trinajstić information content (AvgIpc) is 3.75. The van der Waals surface area contributed by atoms with Crippen molar-refractivity contribution in [3.05, 3.63) is 101 Å². The zero-order valence-electron chi connectivity index (χ0n) is 27.2. The summed E-state index contributed by atoms with van der Waals surface area (Å²) in [7, 11) is 0. The number of carbonyl (C=O) groups is 4. The monoisotopic (exact) mass is 659 g/mol. The predicted molar refractivity (Wildman–Crippen MR) is 183 cm³/mol. The van der Waals surface area contributed by atoms with Crippen LogP contribution in [-0.2, 0) is 9.59 Å². The molecule has 0 saturated carbocycles. The van der Waals surface area contributed by atoms with Crippen molar-refractivity contribution in [3.63, 3.8) is 0 Å². The van der Waals surface area contributed by atoms with Gasteiger partial charge >= 0.3 is 0 Å². The Kier molecular flexibility index (Phi) is 9.99. The fraction of sp³-hybridized carbons (Fsp3) is 0.297. The third-order valence-corrected chi connectivity index (χ3v) is 8.69. The van der Waals surface area contributed by atoms with Gasteiger partial charge in [-0.25, -0.2) is 0 Å². The van der Waals surface area contributed by atoms with Crippen molar-refractivity contribution in [2.24, 2.45) is 0 Å². The molecular weight excluding hydrogens is 622 g/mol. The summed E-state index contributed by atoms with van der Waals surface area (Å²) in [5.41, 5.74) is 1.78. The van der Waals surface area contributed by atoms with Crippen molar-refractivity contribution in [1.82, 2.24) is 20.1 Å². The number of hydrogen-bond acceptors (Lipinski definition) is 9. The summed E-state index contributed by atoms with van der Waals surface area (Å²) >= 11 is 0. The fourth-order valence-electron chi connectivity index (χ4n) is 6.18. The van der Waals surface area contributed by atoms with Gasteiger partial charge in [0.25, 0.3) is 5.91 Å². The molecular formula is C37H37N7O5. The molecule has 2 saturated heterocycles. The number of rotatable bonds is 10. The van der Waals surface area contributed by atoms with Gasteiger partial charge in [-0.1, -0.05) is 12.1 Å². The lowest BCUT2D eigenvalue weighted by molar-refractivity contribution is -0.140. The van der Waals surface area contributed by atoms with Gasteiger partial charge in [0, 0.05) is 48.0 Å². The van der Waals surface area contributed by atoms with E-state index in [-0.39, 0.29) is 40.9 Å². The van der Waals surface area contributed by atoms with Crippen LogP contribution in [0.15, 0.2) is 88.9 Å². The van der Waals surface area contributed by atoms with Crippen LogP contribution >= 0.6 is 0 Å². The van der Waals surface area contributed by atoms with Gasteiger partial charge in [0.05, 0.1) is 18.4 Å². The Bertz CT molecular complexity index is 1960. The van der Waals surface area contributed by atoms with Gasteiger partial charge in [-0.2, -0.15) is 5.26 Å².